The zero-order chi connectivity index (χ0) is 11.0. The first-order valence-electron chi connectivity index (χ1n) is 4.12. The van der Waals surface area contributed by atoms with Gasteiger partial charge in [-0.05, 0) is 0 Å². The van der Waals surface area contributed by atoms with E-state index in [1.54, 1.807) is 0 Å². The SMILES string of the molecule is CCl.CCl.[Hf][CH]1C=Cc2ccccc21. The van der Waals surface area contributed by atoms with Gasteiger partial charge < -0.3 is 0 Å². The molecule has 1 aromatic rings. The summed E-state index contributed by atoms with van der Waals surface area (Å²) in [4.78, 5) is 0. The third-order valence-electron chi connectivity index (χ3n) is 1.80. The summed E-state index contributed by atoms with van der Waals surface area (Å²) < 4.78 is 0.760. The summed E-state index contributed by atoms with van der Waals surface area (Å²) in [6, 6.07) is 8.64. The second-order valence-electron chi connectivity index (χ2n) is 2.47. The van der Waals surface area contributed by atoms with Gasteiger partial charge in [0.05, 0.1) is 0 Å². The Morgan fingerprint density at radius 2 is 1.64 bits per heavy atom. The molecule has 0 saturated carbocycles. The predicted molar refractivity (Wildman–Crippen MR) is 61.8 cm³/mol. The molecule has 1 aliphatic rings. The molecule has 1 aliphatic carbocycles. The molecule has 1 unspecified atom stereocenters. The first-order chi connectivity index (χ1) is 6.88. The Balaban J connectivity index is 0.000000379. The Kier molecular flexibility index (Phi) is 8.95. The molecule has 1 aromatic carbocycles. The van der Waals surface area contributed by atoms with Crippen LogP contribution >= 0.6 is 23.2 Å². The van der Waals surface area contributed by atoms with E-state index in [4.69, 9.17) is 0 Å². The van der Waals surface area contributed by atoms with Gasteiger partial charge in [0.15, 0.2) is 0 Å². The fourth-order valence-corrected chi connectivity index (χ4v) is 2.54. The van der Waals surface area contributed by atoms with Gasteiger partial charge in [-0.1, -0.05) is 0 Å². The molecule has 0 fully saturated rings. The first kappa shape index (κ1) is 14.4. The maximum atomic E-state index is 4.64. The second kappa shape index (κ2) is 8.70. The fraction of sp³-hybridized carbons (Fsp3) is 0.273. The predicted octanol–water partition coefficient (Wildman–Crippen LogP) is 4.01. The summed E-state index contributed by atoms with van der Waals surface area (Å²) in [5.74, 6) is 0. The zero-order valence-corrected chi connectivity index (χ0v) is 13.4. The summed E-state index contributed by atoms with van der Waals surface area (Å²) in [7, 11) is 0. The van der Waals surface area contributed by atoms with Crippen molar-refractivity contribution in [3.8, 4) is 0 Å². The van der Waals surface area contributed by atoms with Crippen molar-refractivity contribution in [3.63, 3.8) is 0 Å². The van der Waals surface area contributed by atoms with E-state index in [2.05, 4.69) is 59.6 Å². The third-order valence-corrected chi connectivity index (χ3v) is 3.61. The quantitative estimate of drug-likeness (QED) is 0.461. The van der Waals surface area contributed by atoms with Crippen molar-refractivity contribution in [1.29, 1.82) is 0 Å². The Morgan fingerprint density at radius 3 is 2.21 bits per heavy atom. The zero-order valence-electron chi connectivity index (χ0n) is 8.30. The summed E-state index contributed by atoms with van der Waals surface area (Å²) in [6.07, 6.45) is 7.48. The van der Waals surface area contributed by atoms with Gasteiger partial charge in [-0.15, -0.1) is 23.2 Å². The molecule has 2 rings (SSSR count). The molecule has 14 heavy (non-hydrogen) atoms. The van der Waals surface area contributed by atoms with Gasteiger partial charge in [-0.25, -0.2) is 0 Å². The molecule has 0 N–H and O–H groups in total. The molecule has 0 saturated heterocycles. The molecule has 1 atom stereocenters. The molecule has 0 bridgehead atoms. The van der Waals surface area contributed by atoms with Crippen LogP contribution in [0.3, 0.4) is 0 Å². The van der Waals surface area contributed by atoms with Crippen LogP contribution in [-0.4, -0.2) is 12.8 Å². The van der Waals surface area contributed by atoms with Crippen molar-refractivity contribution >= 4 is 29.3 Å². The van der Waals surface area contributed by atoms with E-state index >= 15 is 0 Å². The van der Waals surface area contributed by atoms with Gasteiger partial charge >= 0.3 is 75.6 Å². The first-order valence-corrected chi connectivity index (χ1v) is 7.70. The molecule has 3 heteroatoms. The number of allylic oxidation sites excluding steroid dienone is 1. The van der Waals surface area contributed by atoms with E-state index < -0.39 is 0 Å². The molecule has 0 amide bonds. The van der Waals surface area contributed by atoms with Crippen LogP contribution in [0.25, 0.3) is 6.08 Å². The van der Waals surface area contributed by atoms with Crippen LogP contribution in [0.1, 0.15) is 14.8 Å². The standard InChI is InChI=1S/C9H7.2CH3Cl.Hf/c1-2-5-9-7-3-6-8(9)4-1;2*1-2;/h1-7H;2*1H3;. The van der Waals surface area contributed by atoms with Crippen LogP contribution in [0.4, 0.5) is 0 Å². The van der Waals surface area contributed by atoms with Crippen LogP contribution in [0.5, 0.6) is 0 Å². The number of hydrogen-bond acceptors (Lipinski definition) is 0. The Labute approximate surface area is 111 Å². The molecule has 0 aromatic heterocycles. The van der Waals surface area contributed by atoms with Crippen LogP contribution < -0.4 is 0 Å². The van der Waals surface area contributed by atoms with Crippen molar-refractivity contribution in [2.24, 2.45) is 0 Å². The average Bonchev–Trinajstić information content (AvgIpc) is 2.67. The van der Waals surface area contributed by atoms with Crippen LogP contribution in [0, 0.1) is 0 Å². The average molecular weight is 395 g/mol. The molecular formula is C11H13Cl2Hf. The number of fused-ring (bicyclic) bond motifs is 1. The van der Waals surface area contributed by atoms with Crippen LogP contribution in [-0.2, 0) is 24.4 Å². The van der Waals surface area contributed by atoms with Crippen molar-refractivity contribution in [1.82, 2.24) is 0 Å². The number of rotatable bonds is 0. The topological polar surface area (TPSA) is 0 Å². The van der Waals surface area contributed by atoms with E-state index in [0.29, 0.717) is 0 Å². The monoisotopic (exact) mass is 395 g/mol. The minimum atomic E-state index is 0.760. The van der Waals surface area contributed by atoms with Crippen LogP contribution in [0.2, 0.25) is 0 Å². The summed E-state index contributed by atoms with van der Waals surface area (Å²) >= 11 is 10.5. The van der Waals surface area contributed by atoms with E-state index in [1.807, 2.05) is 0 Å². The summed E-state index contributed by atoms with van der Waals surface area (Å²) in [5, 5.41) is 0. The molecule has 0 radical (unpaired) electrons. The van der Waals surface area contributed by atoms with Gasteiger partial charge in [0.1, 0.15) is 0 Å². The van der Waals surface area contributed by atoms with Gasteiger partial charge in [-0.3, -0.25) is 0 Å². The number of hydrogen-bond donors (Lipinski definition) is 0. The Bertz CT molecular complexity index is 284. The number of halogens is 2. The normalized spacial score (nSPS) is 15.8. The molecule has 0 nitrogen and oxygen atoms in total. The summed E-state index contributed by atoms with van der Waals surface area (Å²) in [5.41, 5.74) is 2.94. The van der Waals surface area contributed by atoms with Crippen molar-refractivity contribution in [3.05, 3.63) is 41.5 Å². The molecule has 0 aliphatic heterocycles. The minimum absolute atomic E-state index is 0.760. The third kappa shape index (κ3) is 3.88. The van der Waals surface area contributed by atoms with Gasteiger partial charge in [0, 0.05) is 12.8 Å². The van der Waals surface area contributed by atoms with E-state index in [-0.39, 0.29) is 0 Å². The number of alkyl halides is 2. The Morgan fingerprint density at radius 1 is 1.07 bits per heavy atom. The molecular weight excluding hydrogens is 382 g/mol. The maximum absolute atomic E-state index is 4.64. The Hall–Kier alpha value is 0.410. The fourth-order valence-electron chi connectivity index (χ4n) is 1.25. The van der Waals surface area contributed by atoms with Gasteiger partial charge in [0.2, 0.25) is 0 Å². The van der Waals surface area contributed by atoms with Crippen molar-refractivity contribution in [2.45, 2.75) is 3.67 Å². The molecule has 0 heterocycles. The number of benzene rings is 1. The second-order valence-corrected chi connectivity index (χ2v) is 4.70. The van der Waals surface area contributed by atoms with E-state index in [1.165, 1.54) is 48.3 Å². The van der Waals surface area contributed by atoms with E-state index in [9.17, 15) is 0 Å². The van der Waals surface area contributed by atoms with Crippen molar-refractivity contribution in [2.75, 3.05) is 12.8 Å². The molecule has 0 spiro atoms. The van der Waals surface area contributed by atoms with Crippen molar-refractivity contribution < 1.29 is 24.4 Å². The molecule has 75 valence electrons. The van der Waals surface area contributed by atoms with E-state index in [0.717, 1.165) is 3.67 Å². The van der Waals surface area contributed by atoms with Gasteiger partial charge in [0.25, 0.3) is 0 Å². The van der Waals surface area contributed by atoms with Gasteiger partial charge in [-0.2, -0.15) is 0 Å². The summed E-state index contributed by atoms with van der Waals surface area (Å²) in [6.45, 7) is 0. The van der Waals surface area contributed by atoms with Crippen LogP contribution in [0.15, 0.2) is 30.3 Å².